The van der Waals surface area contributed by atoms with Gasteiger partial charge < -0.3 is 19.8 Å². The van der Waals surface area contributed by atoms with Crippen LogP contribution < -0.4 is 0 Å². The van der Waals surface area contributed by atoms with Crippen LogP contribution in [0.1, 0.15) is 20.3 Å². The van der Waals surface area contributed by atoms with Gasteiger partial charge in [0.2, 0.25) is 11.8 Å². The zero-order chi connectivity index (χ0) is 17.6. The zero-order valence-electron chi connectivity index (χ0n) is 13.3. The van der Waals surface area contributed by atoms with Crippen LogP contribution in [0.25, 0.3) is 0 Å². The monoisotopic (exact) mass is 373 g/mol. The van der Waals surface area contributed by atoms with E-state index in [1.165, 1.54) is 28.4 Å². The second-order valence-corrected chi connectivity index (χ2v) is 8.70. The summed E-state index contributed by atoms with van der Waals surface area (Å²) in [5, 5.41) is 26.3. The first-order valence-corrected chi connectivity index (χ1v) is 9.35. The highest BCUT2D eigenvalue weighted by atomic mass is 32.2. The summed E-state index contributed by atoms with van der Waals surface area (Å²) in [6, 6.07) is 0. The van der Waals surface area contributed by atoms with Gasteiger partial charge in [-0.25, -0.2) is 4.79 Å². The minimum Gasteiger partial charge on any atom is -0.449 e. The highest BCUT2D eigenvalue weighted by Gasteiger charge is 2.58. The van der Waals surface area contributed by atoms with E-state index in [4.69, 9.17) is 15.3 Å². The number of nitrogens with one attached hydrogen (secondary N) is 1. The van der Waals surface area contributed by atoms with Gasteiger partial charge in [-0.3, -0.25) is 15.1 Å². The molecule has 24 heavy (non-hydrogen) atoms. The van der Waals surface area contributed by atoms with Crippen LogP contribution in [-0.4, -0.2) is 67.7 Å². The van der Waals surface area contributed by atoms with Gasteiger partial charge in [0.15, 0.2) is 0 Å². The minimum atomic E-state index is -1.46. The maximum Gasteiger partial charge on any atom is 0.512 e. The van der Waals surface area contributed by atoms with Crippen molar-refractivity contribution in [2.24, 2.45) is 5.92 Å². The Kier molecular flexibility index (Phi) is 4.71. The molecule has 2 fully saturated rings. The Morgan fingerprint density at radius 1 is 1.54 bits per heavy atom. The zero-order valence-corrected chi connectivity index (χ0v) is 14.9. The van der Waals surface area contributed by atoms with E-state index in [0.29, 0.717) is 16.6 Å². The number of hydrogen-bond donors (Lipinski definition) is 3. The fraction of sp³-hybridized carbons (Fsp3) is 0.643. The SMILES string of the molecule is CC(=N)N1CC[C@@H](SC2=C(OC(=O)O)N3C(=O)[C@H]([C@@H](C)O)[C@H]3S2)C1. The van der Waals surface area contributed by atoms with Crippen LogP contribution in [0.2, 0.25) is 0 Å². The second kappa shape index (κ2) is 6.49. The van der Waals surface area contributed by atoms with Crippen LogP contribution in [0.5, 0.6) is 0 Å². The number of ether oxygens (including phenoxy) is 1. The van der Waals surface area contributed by atoms with E-state index in [1.807, 2.05) is 4.90 Å². The van der Waals surface area contributed by atoms with Crippen molar-refractivity contribution in [2.45, 2.75) is 37.0 Å². The van der Waals surface area contributed by atoms with Crippen molar-refractivity contribution >= 4 is 41.4 Å². The molecule has 0 aromatic rings. The molecule has 0 aromatic carbocycles. The molecule has 3 aliphatic heterocycles. The van der Waals surface area contributed by atoms with Crippen LogP contribution in [0.4, 0.5) is 4.79 Å². The van der Waals surface area contributed by atoms with E-state index < -0.39 is 18.2 Å². The number of fused-ring (bicyclic) bond motifs is 1. The van der Waals surface area contributed by atoms with E-state index in [0.717, 1.165) is 13.0 Å². The number of nitrogens with zero attached hydrogens (tertiary/aromatic N) is 2. The number of carbonyl (C=O) groups is 2. The number of β-lactam (4-membered cyclic amide) rings is 1. The van der Waals surface area contributed by atoms with Gasteiger partial charge in [-0.15, -0.1) is 11.8 Å². The Morgan fingerprint density at radius 2 is 2.25 bits per heavy atom. The molecule has 0 aromatic heterocycles. The van der Waals surface area contributed by atoms with Gasteiger partial charge in [-0.1, -0.05) is 11.8 Å². The highest BCUT2D eigenvalue weighted by molar-refractivity contribution is 8.23. The number of carbonyl (C=O) groups excluding carboxylic acids is 1. The molecule has 8 nitrogen and oxygen atoms in total. The molecule has 0 saturated carbocycles. The van der Waals surface area contributed by atoms with Gasteiger partial charge in [-0.2, -0.15) is 0 Å². The van der Waals surface area contributed by atoms with Crippen LogP contribution >= 0.6 is 23.5 Å². The van der Waals surface area contributed by atoms with E-state index in [-0.39, 0.29) is 22.4 Å². The van der Waals surface area contributed by atoms with Crippen molar-refractivity contribution < 1.29 is 24.5 Å². The van der Waals surface area contributed by atoms with Gasteiger partial charge in [0.05, 0.1) is 17.9 Å². The Balaban J connectivity index is 1.75. The maximum atomic E-state index is 12.2. The smallest absolute Gasteiger partial charge is 0.449 e. The number of amidine groups is 1. The van der Waals surface area contributed by atoms with Crippen LogP contribution in [-0.2, 0) is 9.53 Å². The Morgan fingerprint density at radius 3 is 2.79 bits per heavy atom. The first-order chi connectivity index (χ1) is 11.3. The van der Waals surface area contributed by atoms with Gasteiger partial charge >= 0.3 is 6.16 Å². The van der Waals surface area contributed by atoms with Gasteiger partial charge in [0, 0.05) is 18.3 Å². The molecule has 2 saturated heterocycles. The molecule has 1 amide bonds. The van der Waals surface area contributed by atoms with Crippen molar-refractivity contribution in [3.05, 3.63) is 10.1 Å². The molecule has 3 aliphatic rings. The lowest BCUT2D eigenvalue weighted by Crippen LogP contribution is -2.60. The van der Waals surface area contributed by atoms with Crippen molar-refractivity contribution in [1.82, 2.24) is 9.80 Å². The quantitative estimate of drug-likeness (QED) is 0.294. The van der Waals surface area contributed by atoms with Crippen LogP contribution in [0.15, 0.2) is 10.1 Å². The molecular formula is C14H19N3O5S2. The summed E-state index contributed by atoms with van der Waals surface area (Å²) in [6.45, 7) is 4.81. The van der Waals surface area contributed by atoms with Crippen molar-refractivity contribution in [1.29, 1.82) is 5.41 Å². The molecule has 132 valence electrons. The summed E-state index contributed by atoms with van der Waals surface area (Å²) in [5.41, 5.74) is 0. The lowest BCUT2D eigenvalue weighted by molar-refractivity contribution is -0.155. The number of aliphatic hydroxyl groups is 1. The number of amides is 1. The number of aliphatic hydroxyl groups excluding tert-OH is 1. The van der Waals surface area contributed by atoms with Crippen LogP contribution in [0, 0.1) is 11.3 Å². The minimum absolute atomic E-state index is 0.0643. The van der Waals surface area contributed by atoms with E-state index in [1.54, 1.807) is 13.8 Å². The molecule has 0 bridgehead atoms. The van der Waals surface area contributed by atoms with Crippen molar-refractivity contribution in [3.8, 4) is 0 Å². The number of rotatable bonds is 4. The highest BCUT2D eigenvalue weighted by Crippen LogP contribution is 2.55. The Hall–Kier alpha value is -1.39. The Labute approximate surface area is 147 Å². The predicted molar refractivity (Wildman–Crippen MR) is 90.5 cm³/mol. The lowest BCUT2D eigenvalue weighted by Gasteiger charge is -2.43. The normalized spacial score (nSPS) is 30.3. The average molecular weight is 373 g/mol. The first-order valence-electron chi connectivity index (χ1n) is 7.59. The standard InChI is InChI=1S/C14H19N3O5S2/c1-6(18)9-10(19)17-11(22-14(20)21)13(24-12(9)17)23-8-3-4-16(5-8)7(2)15/h6,8-9,12,15,18H,3-5H2,1-2H3,(H,20,21)/t6-,8-,9+,12-/m1/s1. The molecule has 4 atom stereocenters. The van der Waals surface area contributed by atoms with E-state index >= 15 is 0 Å². The number of hydrogen-bond acceptors (Lipinski definition) is 7. The molecule has 3 heterocycles. The number of likely N-dealkylation sites (tertiary alicyclic amines) is 1. The third-order valence-electron chi connectivity index (χ3n) is 4.30. The molecule has 3 N–H and O–H groups in total. The second-order valence-electron chi connectivity index (χ2n) is 6.00. The lowest BCUT2D eigenvalue weighted by atomic mass is 9.93. The molecular weight excluding hydrogens is 354 g/mol. The molecule has 0 unspecified atom stereocenters. The summed E-state index contributed by atoms with van der Waals surface area (Å²) < 4.78 is 5.52. The fourth-order valence-corrected chi connectivity index (χ4v) is 6.27. The largest absolute Gasteiger partial charge is 0.512 e. The van der Waals surface area contributed by atoms with Crippen molar-refractivity contribution in [3.63, 3.8) is 0 Å². The summed E-state index contributed by atoms with van der Waals surface area (Å²) in [4.78, 5) is 26.5. The topological polar surface area (TPSA) is 114 Å². The van der Waals surface area contributed by atoms with Crippen LogP contribution in [0.3, 0.4) is 0 Å². The summed E-state index contributed by atoms with van der Waals surface area (Å²) in [7, 11) is 0. The summed E-state index contributed by atoms with van der Waals surface area (Å²) in [5.74, 6) is -0.266. The van der Waals surface area contributed by atoms with Gasteiger partial charge in [0.25, 0.3) is 0 Å². The fourth-order valence-electron chi connectivity index (χ4n) is 3.06. The third-order valence-corrected chi connectivity index (χ3v) is 7.12. The molecule has 3 rings (SSSR count). The van der Waals surface area contributed by atoms with Gasteiger partial charge in [0.1, 0.15) is 9.61 Å². The number of thioether (sulfide) groups is 2. The third kappa shape index (κ3) is 2.98. The van der Waals surface area contributed by atoms with Crippen molar-refractivity contribution in [2.75, 3.05) is 13.1 Å². The van der Waals surface area contributed by atoms with E-state index in [2.05, 4.69) is 0 Å². The maximum absolute atomic E-state index is 12.2. The number of carboxylic acid groups (broad SMARTS) is 1. The van der Waals surface area contributed by atoms with Gasteiger partial charge in [-0.05, 0) is 20.3 Å². The molecule has 0 aliphatic carbocycles. The Bertz CT molecular complexity index is 624. The molecule has 10 heteroatoms. The summed E-state index contributed by atoms with van der Waals surface area (Å²) in [6.07, 6.45) is -1.37. The van der Waals surface area contributed by atoms with E-state index in [9.17, 15) is 14.7 Å². The molecule has 0 spiro atoms. The molecule has 0 radical (unpaired) electrons. The average Bonchev–Trinajstić information content (AvgIpc) is 3.02. The first kappa shape index (κ1) is 17.4. The predicted octanol–water partition coefficient (Wildman–Crippen LogP) is 1.52. The summed E-state index contributed by atoms with van der Waals surface area (Å²) >= 11 is 2.86.